The van der Waals surface area contributed by atoms with E-state index in [-0.39, 0.29) is 5.91 Å². The van der Waals surface area contributed by atoms with E-state index in [4.69, 9.17) is 4.74 Å². The highest BCUT2D eigenvalue weighted by molar-refractivity contribution is 6.09. The number of hydrogen-bond acceptors (Lipinski definition) is 3. The number of imide groups is 1. The van der Waals surface area contributed by atoms with Crippen molar-refractivity contribution in [3.63, 3.8) is 0 Å². The Balaban J connectivity index is 2.22. The van der Waals surface area contributed by atoms with E-state index in [1.165, 1.54) is 12.3 Å². The zero-order chi connectivity index (χ0) is 11.2. The topological polar surface area (TPSA) is 67.4 Å². The van der Waals surface area contributed by atoms with Crippen molar-refractivity contribution in [2.75, 3.05) is 0 Å². The van der Waals surface area contributed by atoms with Gasteiger partial charge in [0.1, 0.15) is 5.75 Å². The van der Waals surface area contributed by atoms with Crippen molar-refractivity contribution in [1.82, 2.24) is 10.6 Å². The zero-order valence-electron chi connectivity index (χ0n) is 8.19. The van der Waals surface area contributed by atoms with E-state index < -0.39 is 11.6 Å². The van der Waals surface area contributed by atoms with Crippen molar-refractivity contribution in [2.24, 2.45) is 0 Å². The van der Waals surface area contributed by atoms with Gasteiger partial charge in [-0.05, 0) is 12.1 Å². The second kappa shape index (κ2) is 2.85. The van der Waals surface area contributed by atoms with Crippen molar-refractivity contribution in [2.45, 2.75) is 5.54 Å². The first kappa shape index (κ1) is 8.96. The predicted octanol–water partition coefficient (Wildman–Crippen LogP) is 0.627. The van der Waals surface area contributed by atoms with Gasteiger partial charge in [-0.15, -0.1) is 0 Å². The fourth-order valence-corrected chi connectivity index (χ4v) is 1.97. The molecule has 2 heterocycles. The van der Waals surface area contributed by atoms with Crippen LogP contribution in [-0.2, 0) is 10.3 Å². The van der Waals surface area contributed by atoms with Gasteiger partial charge in [0, 0.05) is 5.56 Å². The smallest absolute Gasteiger partial charge is 0.322 e. The largest absolute Gasteiger partial charge is 0.465 e. The molecule has 1 aromatic rings. The predicted molar refractivity (Wildman–Crippen MR) is 54.6 cm³/mol. The molecule has 2 aliphatic heterocycles. The number of urea groups is 1. The lowest BCUT2D eigenvalue weighted by Crippen LogP contribution is -2.43. The normalized spacial score (nSPS) is 26.0. The van der Waals surface area contributed by atoms with E-state index in [1.54, 1.807) is 24.3 Å². The molecule has 2 aliphatic rings. The molecule has 1 fully saturated rings. The molecule has 0 radical (unpaired) electrons. The number of benzene rings is 1. The molecule has 3 rings (SSSR count). The van der Waals surface area contributed by atoms with E-state index in [9.17, 15) is 9.59 Å². The molecule has 1 saturated heterocycles. The Bertz CT molecular complexity index is 524. The van der Waals surface area contributed by atoms with Gasteiger partial charge < -0.3 is 10.1 Å². The molecule has 1 spiro atoms. The van der Waals surface area contributed by atoms with Crippen LogP contribution < -0.4 is 15.4 Å². The molecule has 16 heavy (non-hydrogen) atoms. The molecule has 3 amide bonds. The molecule has 2 N–H and O–H groups in total. The van der Waals surface area contributed by atoms with E-state index in [1.807, 2.05) is 0 Å². The van der Waals surface area contributed by atoms with Gasteiger partial charge >= 0.3 is 6.03 Å². The van der Waals surface area contributed by atoms with Crippen LogP contribution in [0.2, 0.25) is 0 Å². The first-order chi connectivity index (χ1) is 7.72. The van der Waals surface area contributed by atoms with Gasteiger partial charge in [-0.25, -0.2) is 4.79 Å². The molecule has 1 unspecified atom stereocenters. The van der Waals surface area contributed by atoms with E-state index in [0.29, 0.717) is 11.3 Å². The molecule has 80 valence electrons. The standard InChI is InChI=1S/C11H8N2O3/c14-9-11(13-10(15)12-9)5-6-16-8-4-2-1-3-7(8)11/h1-6H,(H2,12,13,14,15). The maximum atomic E-state index is 11.8. The first-order valence-electron chi connectivity index (χ1n) is 4.80. The fourth-order valence-electron chi connectivity index (χ4n) is 1.97. The van der Waals surface area contributed by atoms with Crippen LogP contribution >= 0.6 is 0 Å². The van der Waals surface area contributed by atoms with E-state index in [0.717, 1.165) is 0 Å². The number of fused-ring (bicyclic) bond motifs is 2. The third-order valence-electron chi connectivity index (χ3n) is 2.72. The van der Waals surface area contributed by atoms with Gasteiger partial charge in [-0.3, -0.25) is 10.1 Å². The molecular formula is C11H8N2O3. The molecule has 1 atom stereocenters. The Kier molecular flexibility index (Phi) is 1.60. The Morgan fingerprint density at radius 3 is 2.75 bits per heavy atom. The van der Waals surface area contributed by atoms with E-state index in [2.05, 4.69) is 10.6 Å². The molecule has 5 nitrogen and oxygen atoms in total. The Labute approximate surface area is 91.1 Å². The summed E-state index contributed by atoms with van der Waals surface area (Å²) < 4.78 is 5.28. The Morgan fingerprint density at radius 1 is 1.19 bits per heavy atom. The Morgan fingerprint density at radius 2 is 2.00 bits per heavy atom. The summed E-state index contributed by atoms with van der Waals surface area (Å²) >= 11 is 0. The minimum Gasteiger partial charge on any atom is -0.465 e. The number of carbonyl (C=O) groups excluding carboxylic acids is 2. The van der Waals surface area contributed by atoms with Crippen LogP contribution in [0.25, 0.3) is 0 Å². The van der Waals surface area contributed by atoms with Gasteiger partial charge in [0.2, 0.25) is 0 Å². The van der Waals surface area contributed by atoms with Crippen LogP contribution in [0.5, 0.6) is 5.75 Å². The van der Waals surface area contributed by atoms with Gasteiger partial charge in [-0.2, -0.15) is 0 Å². The monoisotopic (exact) mass is 216 g/mol. The third-order valence-corrected chi connectivity index (χ3v) is 2.72. The average molecular weight is 216 g/mol. The first-order valence-corrected chi connectivity index (χ1v) is 4.80. The number of carbonyl (C=O) groups is 2. The summed E-state index contributed by atoms with van der Waals surface area (Å²) in [6.45, 7) is 0. The summed E-state index contributed by atoms with van der Waals surface area (Å²) in [7, 11) is 0. The van der Waals surface area contributed by atoms with E-state index >= 15 is 0 Å². The zero-order valence-corrected chi connectivity index (χ0v) is 8.19. The third kappa shape index (κ3) is 0.995. The minimum absolute atomic E-state index is 0.385. The van der Waals surface area contributed by atoms with Crippen molar-refractivity contribution in [1.29, 1.82) is 0 Å². The summed E-state index contributed by atoms with van der Waals surface area (Å²) in [5, 5.41) is 4.83. The number of hydrogen-bond donors (Lipinski definition) is 2. The Hall–Kier alpha value is -2.30. The molecule has 1 aromatic carbocycles. The maximum Gasteiger partial charge on any atom is 0.322 e. The minimum atomic E-state index is -1.12. The molecule has 0 bridgehead atoms. The lowest BCUT2D eigenvalue weighted by Gasteiger charge is -2.27. The summed E-state index contributed by atoms with van der Waals surface area (Å²) in [6.07, 6.45) is 2.95. The second-order valence-corrected chi connectivity index (χ2v) is 3.63. The number of para-hydroxylation sites is 1. The highest BCUT2D eigenvalue weighted by Crippen LogP contribution is 2.36. The quantitative estimate of drug-likeness (QED) is 0.625. The number of ether oxygens (including phenoxy) is 1. The van der Waals surface area contributed by atoms with Crippen LogP contribution in [0.3, 0.4) is 0 Å². The number of rotatable bonds is 0. The molecule has 0 aromatic heterocycles. The fraction of sp³-hybridized carbons (Fsp3) is 0.0909. The summed E-state index contributed by atoms with van der Waals surface area (Å²) in [5.74, 6) is 0.187. The maximum absolute atomic E-state index is 11.8. The van der Waals surface area contributed by atoms with Crippen molar-refractivity contribution in [3.05, 3.63) is 42.2 Å². The highest BCUT2D eigenvalue weighted by Gasteiger charge is 2.48. The van der Waals surface area contributed by atoms with Crippen LogP contribution in [0.15, 0.2) is 36.6 Å². The van der Waals surface area contributed by atoms with Gasteiger partial charge in [0.05, 0.1) is 6.26 Å². The van der Waals surface area contributed by atoms with Crippen LogP contribution in [-0.4, -0.2) is 11.9 Å². The highest BCUT2D eigenvalue weighted by atomic mass is 16.5. The second-order valence-electron chi connectivity index (χ2n) is 3.63. The SMILES string of the molecule is O=C1NC(=O)C2(C=COc3ccccc32)N1. The molecule has 0 aliphatic carbocycles. The molecule has 0 saturated carbocycles. The van der Waals surface area contributed by atoms with Crippen LogP contribution in [0.1, 0.15) is 5.56 Å². The van der Waals surface area contributed by atoms with Gasteiger partial charge in [0.15, 0.2) is 5.54 Å². The van der Waals surface area contributed by atoms with Crippen LogP contribution in [0.4, 0.5) is 4.79 Å². The van der Waals surface area contributed by atoms with Crippen LogP contribution in [0, 0.1) is 0 Å². The number of amides is 3. The van der Waals surface area contributed by atoms with Crippen molar-refractivity contribution in [3.8, 4) is 5.75 Å². The van der Waals surface area contributed by atoms with Gasteiger partial charge in [-0.1, -0.05) is 18.2 Å². The summed E-state index contributed by atoms with van der Waals surface area (Å²) in [4.78, 5) is 23.0. The molecule has 5 heteroatoms. The van der Waals surface area contributed by atoms with Crippen molar-refractivity contribution < 1.29 is 14.3 Å². The lowest BCUT2D eigenvalue weighted by atomic mass is 9.88. The van der Waals surface area contributed by atoms with Gasteiger partial charge in [0.25, 0.3) is 5.91 Å². The number of nitrogens with one attached hydrogen (secondary N) is 2. The lowest BCUT2D eigenvalue weighted by molar-refractivity contribution is -0.122. The van der Waals surface area contributed by atoms with Crippen molar-refractivity contribution >= 4 is 11.9 Å². The average Bonchev–Trinajstić information content (AvgIpc) is 2.55. The summed E-state index contributed by atoms with van der Waals surface area (Å²) in [6, 6.07) is 6.61. The molecular weight excluding hydrogens is 208 g/mol. The summed E-state index contributed by atoms with van der Waals surface area (Å²) in [5.41, 5.74) is -0.479.